The lowest BCUT2D eigenvalue weighted by Crippen LogP contribution is -2.32. The Kier molecular flexibility index (Phi) is 6.43. The molecule has 9 heteroatoms. The average molecular weight is 409 g/mol. The van der Waals surface area contributed by atoms with Gasteiger partial charge in [0.15, 0.2) is 4.34 Å². The summed E-state index contributed by atoms with van der Waals surface area (Å²) in [6.07, 6.45) is 2.42. The fraction of sp³-hybridized carbons (Fsp3) is 0.444. The van der Waals surface area contributed by atoms with Gasteiger partial charge in [-0.1, -0.05) is 42.2 Å². The molecule has 0 unspecified atom stereocenters. The second-order valence-electron chi connectivity index (χ2n) is 6.30. The van der Waals surface area contributed by atoms with Crippen LogP contribution in [0.5, 0.6) is 0 Å². The molecule has 1 aliphatic carbocycles. The minimum absolute atomic E-state index is 0.0512. The molecule has 0 saturated heterocycles. The molecule has 3 rings (SSSR count). The molecule has 2 aromatic rings. The lowest BCUT2D eigenvalue weighted by atomic mass is 10.2. The van der Waals surface area contributed by atoms with Gasteiger partial charge in [0.1, 0.15) is 5.82 Å². The van der Waals surface area contributed by atoms with Crippen molar-refractivity contribution in [3.63, 3.8) is 0 Å². The van der Waals surface area contributed by atoms with Crippen LogP contribution < -0.4 is 10.2 Å². The van der Waals surface area contributed by atoms with Crippen LogP contribution in [0.25, 0.3) is 0 Å². The summed E-state index contributed by atoms with van der Waals surface area (Å²) < 4.78 is 13.6. The van der Waals surface area contributed by atoms with Crippen LogP contribution in [0.1, 0.15) is 38.7 Å². The molecule has 1 aromatic carbocycles. The predicted molar refractivity (Wildman–Crippen MR) is 104 cm³/mol. The summed E-state index contributed by atoms with van der Waals surface area (Å²) in [4.78, 5) is 26.2. The Morgan fingerprint density at radius 1 is 1.33 bits per heavy atom. The van der Waals surface area contributed by atoms with E-state index in [0.717, 1.165) is 18.4 Å². The van der Waals surface area contributed by atoms with E-state index in [-0.39, 0.29) is 28.9 Å². The van der Waals surface area contributed by atoms with Gasteiger partial charge in [0.2, 0.25) is 16.9 Å². The molecule has 27 heavy (non-hydrogen) atoms. The zero-order chi connectivity index (χ0) is 19.4. The zero-order valence-electron chi connectivity index (χ0n) is 15.1. The van der Waals surface area contributed by atoms with E-state index in [2.05, 4.69) is 15.5 Å². The maximum Gasteiger partial charge on any atom is 0.233 e. The molecule has 1 aromatic heterocycles. The molecule has 1 N–H and O–H groups in total. The fourth-order valence-corrected chi connectivity index (χ4v) is 4.56. The maximum absolute atomic E-state index is 12.9. The zero-order valence-corrected chi connectivity index (χ0v) is 16.8. The van der Waals surface area contributed by atoms with Crippen molar-refractivity contribution in [2.24, 2.45) is 0 Å². The van der Waals surface area contributed by atoms with Gasteiger partial charge in [-0.2, -0.15) is 0 Å². The van der Waals surface area contributed by atoms with E-state index in [1.165, 1.54) is 35.2 Å². The highest BCUT2D eigenvalue weighted by atomic mass is 32.2. The quantitative estimate of drug-likeness (QED) is 0.535. The predicted octanol–water partition coefficient (Wildman–Crippen LogP) is 3.38. The van der Waals surface area contributed by atoms with Gasteiger partial charge < -0.3 is 5.32 Å². The number of aromatic nitrogens is 2. The van der Waals surface area contributed by atoms with Gasteiger partial charge in [0.05, 0.1) is 5.25 Å². The number of hydrogen-bond donors (Lipinski definition) is 1. The number of carbonyl (C=O) groups excluding carboxylic acids is 2. The topological polar surface area (TPSA) is 75.2 Å². The first-order chi connectivity index (χ1) is 13.0. The Bertz CT molecular complexity index is 808. The van der Waals surface area contributed by atoms with Gasteiger partial charge in [-0.3, -0.25) is 14.5 Å². The van der Waals surface area contributed by atoms with Crippen LogP contribution in [0, 0.1) is 5.82 Å². The standard InChI is InChI=1S/C18H21FN4O2S2/c1-3-15(24)23(14-8-9-14)17-21-22-18(27-17)26-11(2)16(25)20-10-12-4-6-13(19)7-5-12/h4-7,11,14H,3,8-10H2,1-2H3,(H,20,25)/t11-/m1/s1. The minimum atomic E-state index is -0.359. The lowest BCUT2D eigenvalue weighted by Gasteiger charge is -2.17. The van der Waals surface area contributed by atoms with Crippen LogP contribution in [0.4, 0.5) is 9.52 Å². The van der Waals surface area contributed by atoms with Crippen LogP contribution in [0.3, 0.4) is 0 Å². The summed E-state index contributed by atoms with van der Waals surface area (Å²) in [6.45, 7) is 3.97. The van der Waals surface area contributed by atoms with Gasteiger partial charge in [-0.15, -0.1) is 10.2 Å². The Morgan fingerprint density at radius 2 is 2.04 bits per heavy atom. The molecule has 2 amide bonds. The summed E-state index contributed by atoms with van der Waals surface area (Å²) >= 11 is 2.65. The third kappa shape index (κ3) is 5.26. The average Bonchev–Trinajstić information content (AvgIpc) is 3.39. The van der Waals surface area contributed by atoms with Gasteiger partial charge in [-0.05, 0) is 37.5 Å². The second kappa shape index (κ2) is 8.79. The molecule has 6 nitrogen and oxygen atoms in total. The van der Waals surface area contributed by atoms with Crippen molar-refractivity contribution in [3.05, 3.63) is 35.6 Å². The second-order valence-corrected chi connectivity index (χ2v) is 8.85. The summed E-state index contributed by atoms with van der Waals surface area (Å²) in [5.41, 5.74) is 0.832. The summed E-state index contributed by atoms with van der Waals surface area (Å²) in [5, 5.41) is 11.4. The number of nitrogens with zero attached hydrogens (tertiary/aromatic N) is 3. The highest BCUT2D eigenvalue weighted by molar-refractivity contribution is 8.02. The number of halogens is 1. The Hall–Kier alpha value is -2.00. The monoisotopic (exact) mass is 408 g/mol. The van der Waals surface area contributed by atoms with Crippen molar-refractivity contribution in [3.8, 4) is 0 Å². The largest absolute Gasteiger partial charge is 0.351 e. The summed E-state index contributed by atoms with van der Waals surface area (Å²) in [5.74, 6) is -0.386. The molecule has 1 saturated carbocycles. The lowest BCUT2D eigenvalue weighted by molar-refractivity contribution is -0.120. The molecule has 0 spiro atoms. The van der Waals surface area contributed by atoms with Gasteiger partial charge in [-0.25, -0.2) is 4.39 Å². The molecular formula is C18H21FN4O2S2. The molecule has 144 valence electrons. The maximum atomic E-state index is 12.9. The van der Waals surface area contributed by atoms with E-state index < -0.39 is 0 Å². The molecule has 0 radical (unpaired) electrons. The van der Waals surface area contributed by atoms with E-state index in [4.69, 9.17) is 0 Å². The Balaban J connectivity index is 1.55. The van der Waals surface area contributed by atoms with Crippen molar-refractivity contribution in [1.82, 2.24) is 15.5 Å². The molecule has 1 aliphatic rings. The van der Waals surface area contributed by atoms with Gasteiger partial charge in [0, 0.05) is 19.0 Å². The van der Waals surface area contributed by atoms with Crippen LogP contribution in [-0.4, -0.2) is 33.3 Å². The molecule has 1 atom stereocenters. The summed E-state index contributed by atoms with van der Waals surface area (Å²) in [7, 11) is 0. The number of thioether (sulfide) groups is 1. The molecular weight excluding hydrogens is 387 g/mol. The highest BCUT2D eigenvalue weighted by Gasteiger charge is 2.35. The van der Waals surface area contributed by atoms with E-state index in [1.54, 1.807) is 24.0 Å². The van der Waals surface area contributed by atoms with E-state index in [1.807, 2.05) is 6.92 Å². The smallest absolute Gasteiger partial charge is 0.233 e. The number of rotatable bonds is 8. The third-order valence-corrected chi connectivity index (χ3v) is 6.22. The third-order valence-electron chi connectivity index (χ3n) is 4.11. The number of anilines is 1. The van der Waals surface area contributed by atoms with Crippen molar-refractivity contribution < 1.29 is 14.0 Å². The van der Waals surface area contributed by atoms with E-state index >= 15 is 0 Å². The highest BCUT2D eigenvalue weighted by Crippen LogP contribution is 2.37. The van der Waals surface area contributed by atoms with Crippen LogP contribution in [0.2, 0.25) is 0 Å². The van der Waals surface area contributed by atoms with Crippen LogP contribution >= 0.6 is 23.1 Å². The molecule has 0 aliphatic heterocycles. The molecule has 1 fully saturated rings. The van der Waals surface area contributed by atoms with Crippen molar-refractivity contribution in [2.75, 3.05) is 4.90 Å². The van der Waals surface area contributed by atoms with Crippen molar-refractivity contribution >= 4 is 40.0 Å². The first-order valence-corrected chi connectivity index (χ1v) is 10.5. The van der Waals surface area contributed by atoms with Crippen LogP contribution in [-0.2, 0) is 16.1 Å². The van der Waals surface area contributed by atoms with E-state index in [0.29, 0.717) is 22.4 Å². The normalized spacial score (nSPS) is 14.6. The summed E-state index contributed by atoms with van der Waals surface area (Å²) in [6, 6.07) is 6.25. The van der Waals surface area contributed by atoms with Gasteiger partial charge in [0.25, 0.3) is 0 Å². The number of nitrogens with one attached hydrogen (secondary N) is 1. The fourth-order valence-electron chi connectivity index (χ4n) is 2.46. The van der Waals surface area contributed by atoms with E-state index in [9.17, 15) is 14.0 Å². The van der Waals surface area contributed by atoms with Gasteiger partial charge >= 0.3 is 0 Å². The first-order valence-electron chi connectivity index (χ1n) is 8.82. The van der Waals surface area contributed by atoms with Crippen molar-refractivity contribution in [1.29, 1.82) is 0 Å². The number of amides is 2. The first kappa shape index (κ1) is 19.8. The SMILES string of the molecule is CCC(=O)N(c1nnc(S[C@H](C)C(=O)NCc2ccc(F)cc2)s1)C1CC1. The van der Waals surface area contributed by atoms with Crippen LogP contribution in [0.15, 0.2) is 28.6 Å². The molecule has 1 heterocycles. The van der Waals surface area contributed by atoms with Crippen molar-refractivity contribution in [2.45, 2.75) is 55.3 Å². The Labute approximate surface area is 165 Å². The number of benzene rings is 1. The Morgan fingerprint density at radius 3 is 2.67 bits per heavy atom. The number of carbonyl (C=O) groups is 2. The number of hydrogen-bond acceptors (Lipinski definition) is 6. The molecule has 0 bridgehead atoms. The minimum Gasteiger partial charge on any atom is -0.351 e.